The first kappa shape index (κ1) is 22.0. The number of hydrogen-bond acceptors (Lipinski definition) is 4. The fraction of sp³-hybridized carbons (Fsp3) is 0.526. The predicted octanol–water partition coefficient (Wildman–Crippen LogP) is 4.89. The Kier molecular flexibility index (Phi) is 8.08. The molecular formula is C19H29ClN4O2. The predicted molar refractivity (Wildman–Crippen MR) is 107 cm³/mol. The molecule has 0 saturated carbocycles. The molecule has 6 nitrogen and oxygen atoms in total. The van der Waals surface area contributed by atoms with Crippen molar-refractivity contribution in [1.82, 2.24) is 19.9 Å². The van der Waals surface area contributed by atoms with Crippen LogP contribution in [0.1, 0.15) is 46.6 Å². The minimum absolute atomic E-state index is 0.166. The highest BCUT2D eigenvalue weighted by Gasteiger charge is 2.20. The van der Waals surface area contributed by atoms with Crippen LogP contribution in [0.2, 0.25) is 5.15 Å². The van der Waals surface area contributed by atoms with E-state index in [1.54, 1.807) is 6.08 Å². The zero-order valence-electron chi connectivity index (χ0n) is 16.5. The van der Waals surface area contributed by atoms with Crippen LogP contribution in [0.15, 0.2) is 25.2 Å². The number of carbonyl (C=O) groups excluding carboxylic acids is 1. The van der Waals surface area contributed by atoms with Crippen LogP contribution in [-0.2, 0) is 11.3 Å². The first-order chi connectivity index (χ1) is 12.2. The van der Waals surface area contributed by atoms with E-state index in [4.69, 9.17) is 16.3 Å². The van der Waals surface area contributed by atoms with Gasteiger partial charge in [-0.1, -0.05) is 31.5 Å². The van der Waals surface area contributed by atoms with Crippen LogP contribution in [-0.4, -0.2) is 32.3 Å². The molecule has 0 aromatic carbocycles. The van der Waals surface area contributed by atoms with Crippen molar-refractivity contribution in [3.8, 4) is 0 Å². The Morgan fingerprint density at radius 2 is 2.08 bits per heavy atom. The van der Waals surface area contributed by atoms with Gasteiger partial charge in [-0.3, -0.25) is 0 Å². The van der Waals surface area contributed by atoms with Gasteiger partial charge in [0.15, 0.2) is 0 Å². The van der Waals surface area contributed by atoms with Crippen molar-refractivity contribution in [1.29, 1.82) is 0 Å². The minimum Gasteiger partial charge on any atom is -0.444 e. The summed E-state index contributed by atoms with van der Waals surface area (Å²) >= 11 is 6.16. The molecule has 0 fully saturated rings. The molecule has 2 rings (SSSR count). The summed E-state index contributed by atoms with van der Waals surface area (Å²) in [5.74, 6) is 0. The average molecular weight is 381 g/mol. The summed E-state index contributed by atoms with van der Waals surface area (Å²) < 4.78 is 7.29. The van der Waals surface area contributed by atoms with Crippen molar-refractivity contribution in [3.05, 3.63) is 35.9 Å². The molecule has 2 heterocycles. The number of carbonyl (C=O) groups is 1. The molecule has 0 bridgehead atoms. The average Bonchev–Trinajstić information content (AvgIpc) is 2.85. The Hall–Kier alpha value is -2.08. The maximum atomic E-state index is 12.0. The zero-order valence-corrected chi connectivity index (χ0v) is 17.2. The van der Waals surface area contributed by atoms with Crippen molar-refractivity contribution in [3.63, 3.8) is 0 Å². The lowest BCUT2D eigenvalue weighted by Crippen LogP contribution is -2.41. The molecule has 1 unspecified atom stereocenters. The molecule has 0 aliphatic heterocycles. The first-order valence-corrected chi connectivity index (χ1v) is 9.15. The summed E-state index contributed by atoms with van der Waals surface area (Å²) in [5.41, 5.74) is 1.19. The number of hydrogen-bond donors (Lipinski definition) is 1. The number of aromatic nitrogens is 3. The van der Waals surface area contributed by atoms with E-state index in [1.807, 2.05) is 52.3 Å². The lowest BCUT2D eigenvalue weighted by molar-refractivity contribution is 0.0500. The van der Waals surface area contributed by atoms with Gasteiger partial charge < -0.3 is 14.6 Å². The molecule has 2 aromatic rings. The van der Waals surface area contributed by atoms with Crippen molar-refractivity contribution >= 4 is 28.7 Å². The number of fused-ring (bicyclic) bond motifs is 1. The van der Waals surface area contributed by atoms with Crippen LogP contribution in [0, 0.1) is 6.92 Å². The van der Waals surface area contributed by atoms with Gasteiger partial charge in [0.05, 0.1) is 11.4 Å². The third-order valence-electron chi connectivity index (χ3n) is 3.39. The molecular weight excluding hydrogens is 352 g/mol. The largest absolute Gasteiger partial charge is 0.444 e. The van der Waals surface area contributed by atoms with E-state index in [9.17, 15) is 4.79 Å². The van der Waals surface area contributed by atoms with Crippen molar-refractivity contribution in [2.75, 3.05) is 0 Å². The van der Waals surface area contributed by atoms with Crippen LogP contribution < -0.4 is 5.32 Å². The molecule has 2 aromatic heterocycles. The maximum absolute atomic E-state index is 12.0. The monoisotopic (exact) mass is 380 g/mol. The molecule has 0 saturated heterocycles. The van der Waals surface area contributed by atoms with Gasteiger partial charge in [0.25, 0.3) is 0 Å². The number of nitrogens with zero attached hydrogens (tertiary/aromatic N) is 3. The first-order valence-electron chi connectivity index (χ1n) is 8.77. The molecule has 26 heavy (non-hydrogen) atoms. The Morgan fingerprint density at radius 1 is 1.42 bits per heavy atom. The molecule has 7 heteroatoms. The maximum Gasteiger partial charge on any atom is 0.407 e. The number of halogens is 1. The van der Waals surface area contributed by atoms with E-state index in [0.29, 0.717) is 18.1 Å². The van der Waals surface area contributed by atoms with Crippen LogP contribution in [0.3, 0.4) is 0 Å². The summed E-state index contributed by atoms with van der Waals surface area (Å²) in [7, 11) is 0. The van der Waals surface area contributed by atoms with Crippen LogP contribution >= 0.6 is 11.6 Å². The fourth-order valence-corrected chi connectivity index (χ4v) is 2.78. The number of ether oxygens (including phenoxy) is 1. The van der Waals surface area contributed by atoms with E-state index >= 15 is 0 Å². The highest BCUT2D eigenvalue weighted by Crippen LogP contribution is 2.25. The number of aryl methyl sites for hydroxylation is 1. The van der Waals surface area contributed by atoms with E-state index in [0.717, 1.165) is 16.6 Å². The molecule has 0 aliphatic carbocycles. The summed E-state index contributed by atoms with van der Waals surface area (Å²) in [6.07, 6.45) is 5.32. The van der Waals surface area contributed by atoms with Gasteiger partial charge in [0.1, 0.15) is 22.7 Å². The van der Waals surface area contributed by atoms with Crippen LogP contribution in [0.4, 0.5) is 4.79 Å². The Labute approximate surface area is 160 Å². The lowest BCUT2D eigenvalue weighted by atomic mass is 10.2. The quantitative estimate of drug-likeness (QED) is 0.592. The van der Waals surface area contributed by atoms with Gasteiger partial charge in [0, 0.05) is 12.7 Å². The molecule has 0 radical (unpaired) electrons. The second-order valence-corrected chi connectivity index (χ2v) is 7.05. The van der Waals surface area contributed by atoms with E-state index < -0.39 is 11.7 Å². The van der Waals surface area contributed by atoms with E-state index in [-0.39, 0.29) is 6.04 Å². The second-order valence-electron chi connectivity index (χ2n) is 6.70. The summed E-state index contributed by atoms with van der Waals surface area (Å²) in [6, 6.07) is -0.166. The zero-order chi connectivity index (χ0) is 19.9. The van der Waals surface area contributed by atoms with Gasteiger partial charge >= 0.3 is 6.09 Å². The molecule has 0 spiro atoms. The standard InChI is InChI=1S/C17H23ClN4O2.C2H6/c1-6-7-12(21-16(23)24-17(3,4)5)9-22-8-11(2)13-14(18)19-10-20-15(13)22;1-2/h6,8,10,12H,1,7,9H2,2-5H3,(H,21,23);1-2H3. The molecule has 1 N–H and O–H groups in total. The third-order valence-corrected chi connectivity index (χ3v) is 3.67. The lowest BCUT2D eigenvalue weighted by Gasteiger charge is -2.23. The number of nitrogens with one attached hydrogen (secondary N) is 1. The fourth-order valence-electron chi connectivity index (χ4n) is 2.50. The number of amides is 1. The van der Waals surface area contributed by atoms with Gasteiger partial charge in [-0.05, 0) is 39.7 Å². The van der Waals surface area contributed by atoms with Crippen LogP contribution in [0.25, 0.3) is 11.0 Å². The molecule has 1 atom stereocenters. The summed E-state index contributed by atoms with van der Waals surface area (Å²) in [6.45, 7) is 15.7. The summed E-state index contributed by atoms with van der Waals surface area (Å²) in [4.78, 5) is 20.4. The highest BCUT2D eigenvalue weighted by molar-refractivity contribution is 6.34. The van der Waals surface area contributed by atoms with Crippen molar-refractivity contribution < 1.29 is 9.53 Å². The molecule has 0 aliphatic rings. The Balaban J connectivity index is 0.00000163. The highest BCUT2D eigenvalue weighted by atomic mass is 35.5. The van der Waals surface area contributed by atoms with E-state index in [2.05, 4.69) is 21.9 Å². The Morgan fingerprint density at radius 3 is 2.65 bits per heavy atom. The van der Waals surface area contributed by atoms with Gasteiger partial charge in [-0.15, -0.1) is 6.58 Å². The smallest absolute Gasteiger partial charge is 0.407 e. The van der Waals surface area contributed by atoms with Crippen molar-refractivity contribution in [2.24, 2.45) is 0 Å². The number of rotatable bonds is 5. The van der Waals surface area contributed by atoms with E-state index in [1.165, 1.54) is 6.33 Å². The SMILES string of the molecule is C=CCC(Cn1cc(C)c2c(Cl)ncnc21)NC(=O)OC(C)(C)C.CC. The van der Waals surface area contributed by atoms with Gasteiger partial charge in [0.2, 0.25) is 0 Å². The van der Waals surface area contributed by atoms with Gasteiger partial charge in [-0.25, -0.2) is 14.8 Å². The second kappa shape index (κ2) is 9.57. The van der Waals surface area contributed by atoms with Gasteiger partial charge in [-0.2, -0.15) is 0 Å². The molecule has 144 valence electrons. The summed E-state index contributed by atoms with van der Waals surface area (Å²) in [5, 5.41) is 4.14. The Bertz CT molecular complexity index is 750. The van der Waals surface area contributed by atoms with Crippen LogP contribution in [0.5, 0.6) is 0 Å². The molecule has 1 amide bonds. The minimum atomic E-state index is -0.541. The number of alkyl carbamates (subject to hydrolysis) is 1. The normalized spacial score (nSPS) is 12.1. The topological polar surface area (TPSA) is 69.0 Å². The van der Waals surface area contributed by atoms with Crippen molar-refractivity contribution in [2.45, 2.75) is 66.2 Å². The third kappa shape index (κ3) is 6.02.